The van der Waals surface area contributed by atoms with Crippen LogP contribution in [0.25, 0.3) is 0 Å². The highest BCUT2D eigenvalue weighted by Gasteiger charge is 2.52. The highest BCUT2D eigenvalue weighted by molar-refractivity contribution is 6.99. The topological polar surface area (TPSA) is 105 Å². The van der Waals surface area contributed by atoms with Crippen LogP contribution in [-0.2, 0) is 31.6 Å². The van der Waals surface area contributed by atoms with Gasteiger partial charge in [-0.25, -0.2) is 4.79 Å². The number of carboxylic acid groups (broad SMARTS) is 1. The Labute approximate surface area is 255 Å². The van der Waals surface area contributed by atoms with Crippen molar-refractivity contribution in [1.29, 1.82) is 0 Å². The Morgan fingerprint density at radius 3 is 2.12 bits per heavy atom. The second-order valence-corrected chi connectivity index (χ2v) is 17.2. The normalized spacial score (nSPS) is 22.3. The molecule has 3 aromatic rings. The fourth-order valence-corrected chi connectivity index (χ4v) is 11.7. The van der Waals surface area contributed by atoms with Gasteiger partial charge in [0.15, 0.2) is 0 Å². The van der Waals surface area contributed by atoms with E-state index in [1.54, 1.807) is 0 Å². The van der Waals surface area contributed by atoms with E-state index in [-0.39, 0.29) is 29.1 Å². The first kappa shape index (κ1) is 31.1. The van der Waals surface area contributed by atoms with Crippen molar-refractivity contribution in [3.8, 4) is 0 Å². The molecule has 8 heteroatoms. The monoisotopic (exact) mass is 601 g/mol. The molecule has 2 heterocycles. The zero-order chi connectivity index (χ0) is 30.6. The Balaban J connectivity index is 1.32. The Kier molecular flexibility index (Phi) is 9.51. The number of rotatable bonds is 12. The molecule has 2 aliphatic rings. The Hall–Kier alpha value is -3.30. The maximum absolute atomic E-state index is 13.1. The van der Waals surface area contributed by atoms with Gasteiger partial charge in [0.2, 0.25) is 5.91 Å². The molecular formula is C35H43NO6Si. The molecule has 1 amide bonds. The lowest BCUT2D eigenvalue weighted by molar-refractivity contribution is -0.144. The van der Waals surface area contributed by atoms with Gasteiger partial charge in [-0.2, -0.15) is 0 Å². The van der Waals surface area contributed by atoms with Crippen molar-refractivity contribution >= 4 is 30.6 Å². The quantitative estimate of drug-likeness (QED) is 0.274. The molecule has 3 aromatic carbocycles. The van der Waals surface area contributed by atoms with Crippen LogP contribution in [0.4, 0.5) is 0 Å². The highest BCUT2D eigenvalue weighted by atomic mass is 28.4. The van der Waals surface area contributed by atoms with Crippen molar-refractivity contribution in [2.75, 3.05) is 13.2 Å². The second-order valence-electron chi connectivity index (χ2n) is 12.8. The van der Waals surface area contributed by atoms with Gasteiger partial charge >= 0.3 is 5.97 Å². The molecule has 2 aliphatic heterocycles. The lowest BCUT2D eigenvalue weighted by atomic mass is 9.75. The van der Waals surface area contributed by atoms with Crippen molar-refractivity contribution in [3.63, 3.8) is 0 Å². The summed E-state index contributed by atoms with van der Waals surface area (Å²) in [6.07, 6.45) is 2.86. The molecule has 0 saturated carbocycles. The number of benzene rings is 3. The first-order valence-corrected chi connectivity index (χ1v) is 17.2. The molecule has 228 valence electrons. The lowest BCUT2D eigenvalue weighted by Gasteiger charge is -2.43. The number of ether oxygens (including phenoxy) is 1. The summed E-state index contributed by atoms with van der Waals surface area (Å²) in [6, 6.07) is 28.4. The number of hydrogen-bond acceptors (Lipinski definition) is 5. The summed E-state index contributed by atoms with van der Waals surface area (Å²) in [4.78, 5) is 24.5. The fraction of sp³-hybridized carbons (Fsp3) is 0.429. The summed E-state index contributed by atoms with van der Waals surface area (Å²) in [7, 11) is -2.62. The predicted octanol–water partition coefficient (Wildman–Crippen LogP) is 3.70. The maximum Gasteiger partial charge on any atom is 0.328 e. The number of fused-ring (bicyclic) bond motifs is 2. The zero-order valence-corrected chi connectivity index (χ0v) is 26.2. The van der Waals surface area contributed by atoms with Gasteiger partial charge in [0.05, 0.1) is 24.7 Å². The van der Waals surface area contributed by atoms with Gasteiger partial charge < -0.3 is 24.7 Å². The lowest BCUT2D eigenvalue weighted by Crippen LogP contribution is -2.66. The molecule has 3 N–H and O–H groups in total. The van der Waals surface area contributed by atoms with Crippen LogP contribution in [0.1, 0.15) is 44.7 Å². The maximum atomic E-state index is 13.1. The number of hydrogen-bond donors (Lipinski definition) is 3. The minimum absolute atomic E-state index is 0.0275. The average molecular weight is 602 g/mol. The van der Waals surface area contributed by atoms with Crippen molar-refractivity contribution in [2.24, 2.45) is 11.8 Å². The van der Waals surface area contributed by atoms with Gasteiger partial charge in [-0.15, -0.1) is 0 Å². The summed E-state index contributed by atoms with van der Waals surface area (Å²) in [6.45, 7) is 6.78. The summed E-state index contributed by atoms with van der Waals surface area (Å²) in [5.41, 5.74) is 2.30. The van der Waals surface area contributed by atoms with E-state index in [4.69, 9.17) is 9.16 Å². The van der Waals surface area contributed by atoms with E-state index in [9.17, 15) is 19.8 Å². The zero-order valence-electron chi connectivity index (χ0n) is 25.2. The van der Waals surface area contributed by atoms with Crippen LogP contribution >= 0.6 is 0 Å². The molecule has 0 aliphatic carbocycles. The molecule has 5 rings (SSSR count). The number of carbonyl (C=O) groups is 2. The number of carbonyl (C=O) groups excluding carboxylic acids is 1. The van der Waals surface area contributed by atoms with Gasteiger partial charge in [-0.3, -0.25) is 4.79 Å². The van der Waals surface area contributed by atoms with Gasteiger partial charge in [0, 0.05) is 12.5 Å². The van der Waals surface area contributed by atoms with Crippen LogP contribution in [0.2, 0.25) is 5.04 Å². The largest absolute Gasteiger partial charge is 0.480 e. The minimum Gasteiger partial charge on any atom is -0.480 e. The van der Waals surface area contributed by atoms with Crippen LogP contribution in [-0.4, -0.2) is 61.9 Å². The smallest absolute Gasteiger partial charge is 0.328 e. The molecule has 2 saturated heterocycles. The van der Waals surface area contributed by atoms with E-state index in [0.717, 1.165) is 24.8 Å². The molecular weight excluding hydrogens is 558 g/mol. The number of amides is 1. The number of carboxylic acids is 1. The predicted molar refractivity (Wildman–Crippen MR) is 169 cm³/mol. The van der Waals surface area contributed by atoms with Crippen LogP contribution in [0.3, 0.4) is 0 Å². The van der Waals surface area contributed by atoms with E-state index in [2.05, 4.69) is 98.9 Å². The van der Waals surface area contributed by atoms with E-state index in [0.29, 0.717) is 13.0 Å². The van der Waals surface area contributed by atoms with Gasteiger partial charge in [-0.05, 0) is 52.2 Å². The highest BCUT2D eigenvalue weighted by Crippen LogP contribution is 2.45. The van der Waals surface area contributed by atoms with Gasteiger partial charge in [0.1, 0.15) is 6.04 Å². The molecule has 7 nitrogen and oxygen atoms in total. The molecule has 2 bridgehead atoms. The molecule has 0 radical (unpaired) electrons. The number of aliphatic hydroxyl groups excluding tert-OH is 1. The van der Waals surface area contributed by atoms with Crippen molar-refractivity contribution in [1.82, 2.24) is 5.32 Å². The summed E-state index contributed by atoms with van der Waals surface area (Å²) in [5, 5.41) is 23.7. The standard InChI is InChI=1S/C35H43NO6Si/c1-35(2,3)43(26-13-6-4-7-14-26,27-15-8-5-9-16-27)41-20-19-24-11-10-12-25(21-24)22-28-30-17-18-31(42-30)32(28)33(38)36-29(23-37)34(39)40/h4-16,21,28-32,37H,17-20,22-23H2,1-3H3,(H,36,38)(H,39,40)/t28?,29-,30-,31+,32-/m1/s1. The van der Waals surface area contributed by atoms with Crippen molar-refractivity contribution < 1.29 is 29.0 Å². The van der Waals surface area contributed by atoms with Crippen molar-refractivity contribution in [3.05, 3.63) is 96.1 Å². The Morgan fingerprint density at radius 1 is 0.930 bits per heavy atom. The first-order chi connectivity index (χ1) is 20.6. The van der Waals surface area contributed by atoms with E-state index in [1.165, 1.54) is 15.9 Å². The number of aliphatic hydroxyl groups is 1. The SMILES string of the molecule is CC(C)(C)[Si](OCCc1cccc(CC2[C@@H](C(=O)N[C@H](CO)C(=O)O)[C@@H]3CC[C@H]2O3)c1)(c1ccccc1)c1ccccc1. The van der Waals surface area contributed by atoms with Crippen molar-refractivity contribution in [2.45, 2.75) is 69.7 Å². The van der Waals surface area contributed by atoms with E-state index >= 15 is 0 Å². The number of aliphatic carboxylic acids is 1. The molecule has 43 heavy (non-hydrogen) atoms. The summed E-state index contributed by atoms with van der Waals surface area (Å²) in [5.74, 6) is -2.08. The summed E-state index contributed by atoms with van der Waals surface area (Å²) >= 11 is 0. The van der Waals surface area contributed by atoms with Crippen LogP contribution in [0, 0.1) is 11.8 Å². The first-order valence-electron chi connectivity index (χ1n) is 15.3. The van der Waals surface area contributed by atoms with Crippen LogP contribution in [0.5, 0.6) is 0 Å². The van der Waals surface area contributed by atoms with Crippen LogP contribution in [0.15, 0.2) is 84.9 Å². The third-order valence-corrected chi connectivity index (χ3v) is 14.2. The molecule has 0 aromatic heterocycles. The van der Waals surface area contributed by atoms with E-state index < -0.39 is 32.9 Å². The average Bonchev–Trinajstić information content (AvgIpc) is 3.60. The molecule has 0 spiro atoms. The summed E-state index contributed by atoms with van der Waals surface area (Å²) < 4.78 is 13.2. The molecule has 2 fully saturated rings. The third-order valence-electron chi connectivity index (χ3n) is 9.11. The minimum atomic E-state index is -2.62. The molecule has 1 unspecified atom stereocenters. The number of nitrogens with one attached hydrogen (secondary N) is 1. The van der Waals surface area contributed by atoms with Crippen LogP contribution < -0.4 is 15.7 Å². The Morgan fingerprint density at radius 2 is 1.53 bits per heavy atom. The fourth-order valence-electron chi connectivity index (χ4n) is 7.12. The Bertz CT molecular complexity index is 1350. The second kappa shape index (κ2) is 13.1. The molecule has 5 atom stereocenters. The van der Waals surface area contributed by atoms with Gasteiger partial charge in [0.25, 0.3) is 8.32 Å². The van der Waals surface area contributed by atoms with Gasteiger partial charge in [-0.1, -0.05) is 106 Å². The third kappa shape index (κ3) is 6.48. The van der Waals surface area contributed by atoms with E-state index in [1.807, 2.05) is 12.1 Å².